The number of nitrogens with zero attached hydrogens (tertiary/aromatic N) is 4. The maximum atomic E-state index is 2.86. The third-order valence-electron chi connectivity index (χ3n) is 7.92. The molecule has 0 bridgehead atoms. The van der Waals surface area contributed by atoms with E-state index in [1.54, 1.807) is 0 Å². The Morgan fingerprint density at radius 2 is 1.12 bits per heavy atom. The highest BCUT2D eigenvalue weighted by Gasteiger charge is 2.59. The van der Waals surface area contributed by atoms with Crippen molar-refractivity contribution in [1.82, 2.24) is 14.7 Å². The molecule has 0 aliphatic carbocycles. The van der Waals surface area contributed by atoms with E-state index in [-0.39, 0.29) is 0 Å². The maximum absolute atomic E-state index is 2.86. The molecule has 0 radical (unpaired) electrons. The Morgan fingerprint density at radius 1 is 0.615 bits per heavy atom. The average molecular weight is 364 g/mol. The van der Waals surface area contributed by atoms with Crippen molar-refractivity contribution in [2.24, 2.45) is 0 Å². The van der Waals surface area contributed by atoms with Crippen LogP contribution < -0.4 is 0 Å². The fraction of sp³-hybridized carbons (Fsp3) is 1.00. The van der Waals surface area contributed by atoms with E-state index in [1.165, 1.54) is 128 Å². The van der Waals surface area contributed by atoms with E-state index in [0.717, 1.165) is 12.3 Å². The smallest absolute Gasteiger partial charge is 0.175 e. The van der Waals surface area contributed by atoms with Gasteiger partial charge in [-0.3, -0.25) is 9.80 Å². The zero-order valence-corrected chi connectivity index (χ0v) is 17.4. The number of piperazine rings is 2. The highest BCUT2D eigenvalue weighted by Crippen LogP contribution is 2.39. The van der Waals surface area contributed by atoms with E-state index >= 15 is 0 Å². The van der Waals surface area contributed by atoms with Gasteiger partial charge in [0.1, 0.15) is 6.17 Å². The summed E-state index contributed by atoms with van der Waals surface area (Å²) in [5, 5.41) is 0. The van der Waals surface area contributed by atoms with Crippen LogP contribution in [0.15, 0.2) is 0 Å². The van der Waals surface area contributed by atoms with Crippen LogP contribution in [0.4, 0.5) is 0 Å². The van der Waals surface area contributed by atoms with Gasteiger partial charge in [0.2, 0.25) is 0 Å². The van der Waals surface area contributed by atoms with Crippen LogP contribution in [0.5, 0.6) is 0 Å². The Hall–Kier alpha value is -0.160. The predicted octanol–water partition coefficient (Wildman–Crippen LogP) is 3.34. The second-order valence-corrected chi connectivity index (χ2v) is 9.51. The molecule has 4 aliphatic rings. The lowest BCUT2D eigenvalue weighted by molar-refractivity contribution is -0.954. The molecule has 26 heavy (non-hydrogen) atoms. The molecule has 0 aromatic rings. The first-order valence-corrected chi connectivity index (χ1v) is 11.9. The first-order chi connectivity index (χ1) is 12.8. The van der Waals surface area contributed by atoms with Crippen molar-refractivity contribution in [3.05, 3.63) is 0 Å². The SMILES string of the molecule is CCCCCCCCCCCC[N+]12CCN3CCN4CCN(CC1)C2C43. The predicted molar refractivity (Wildman–Crippen MR) is 109 cm³/mol. The molecule has 4 heterocycles. The van der Waals surface area contributed by atoms with Crippen molar-refractivity contribution in [3.8, 4) is 0 Å². The molecule has 4 rings (SSSR count). The molecule has 4 aliphatic heterocycles. The van der Waals surface area contributed by atoms with Gasteiger partial charge in [-0.1, -0.05) is 58.3 Å². The third-order valence-corrected chi connectivity index (χ3v) is 7.92. The average Bonchev–Trinajstić information content (AvgIpc) is 3.24. The number of quaternary nitrogens is 1. The van der Waals surface area contributed by atoms with Gasteiger partial charge in [0.15, 0.2) is 6.17 Å². The first-order valence-electron chi connectivity index (χ1n) is 11.9. The highest BCUT2D eigenvalue weighted by atomic mass is 15.6. The molecular formula is C22H43N4+. The first kappa shape index (κ1) is 19.2. The fourth-order valence-electron chi connectivity index (χ4n) is 6.37. The van der Waals surface area contributed by atoms with Crippen LogP contribution in [0.3, 0.4) is 0 Å². The lowest BCUT2D eigenvalue weighted by Crippen LogP contribution is -2.73. The van der Waals surface area contributed by atoms with E-state index in [0.29, 0.717) is 0 Å². The minimum Gasteiger partial charge on any atom is -0.304 e. The zero-order chi connectivity index (χ0) is 17.8. The quantitative estimate of drug-likeness (QED) is 0.412. The van der Waals surface area contributed by atoms with Gasteiger partial charge in [0.05, 0.1) is 26.2 Å². The summed E-state index contributed by atoms with van der Waals surface area (Å²) >= 11 is 0. The van der Waals surface area contributed by atoms with Crippen molar-refractivity contribution in [3.63, 3.8) is 0 Å². The summed E-state index contributed by atoms with van der Waals surface area (Å²) < 4.78 is 1.44. The van der Waals surface area contributed by atoms with Crippen molar-refractivity contribution in [2.45, 2.75) is 83.5 Å². The molecule has 4 fully saturated rings. The molecule has 0 amide bonds. The van der Waals surface area contributed by atoms with Gasteiger partial charge in [-0.25, -0.2) is 4.90 Å². The van der Waals surface area contributed by atoms with Crippen LogP contribution in [0.25, 0.3) is 0 Å². The zero-order valence-electron chi connectivity index (χ0n) is 17.4. The van der Waals surface area contributed by atoms with Crippen LogP contribution in [-0.4, -0.2) is 90.4 Å². The van der Waals surface area contributed by atoms with Crippen LogP contribution in [0.1, 0.15) is 71.1 Å². The summed E-state index contributed by atoms with van der Waals surface area (Å²) in [7, 11) is 0. The monoisotopic (exact) mass is 363 g/mol. The van der Waals surface area contributed by atoms with Crippen LogP contribution in [0, 0.1) is 0 Å². The fourth-order valence-corrected chi connectivity index (χ4v) is 6.37. The summed E-state index contributed by atoms with van der Waals surface area (Å²) in [6, 6.07) is 0. The molecule has 3 unspecified atom stereocenters. The number of unbranched alkanes of at least 4 members (excludes halogenated alkanes) is 9. The molecule has 0 N–H and O–H groups in total. The molecule has 3 atom stereocenters. The summed E-state index contributed by atoms with van der Waals surface area (Å²) in [6.45, 7) is 14.6. The van der Waals surface area contributed by atoms with Gasteiger partial charge in [0, 0.05) is 32.7 Å². The van der Waals surface area contributed by atoms with Crippen molar-refractivity contribution in [1.29, 1.82) is 0 Å². The van der Waals surface area contributed by atoms with E-state index in [1.807, 2.05) is 0 Å². The van der Waals surface area contributed by atoms with Crippen LogP contribution >= 0.6 is 0 Å². The maximum Gasteiger partial charge on any atom is 0.175 e. The van der Waals surface area contributed by atoms with Gasteiger partial charge in [-0.15, -0.1) is 0 Å². The molecule has 0 aromatic heterocycles. The number of rotatable bonds is 11. The van der Waals surface area contributed by atoms with Crippen LogP contribution in [0.2, 0.25) is 0 Å². The molecule has 0 saturated carbocycles. The molecule has 4 nitrogen and oxygen atoms in total. The van der Waals surface area contributed by atoms with Gasteiger partial charge in [0.25, 0.3) is 0 Å². The molecular weight excluding hydrogens is 320 g/mol. The summed E-state index contributed by atoms with van der Waals surface area (Å²) in [5.41, 5.74) is 0. The van der Waals surface area contributed by atoms with Crippen molar-refractivity contribution < 1.29 is 4.48 Å². The molecule has 0 spiro atoms. The Kier molecular flexibility index (Phi) is 6.56. The molecule has 4 saturated heterocycles. The van der Waals surface area contributed by atoms with Gasteiger partial charge >= 0.3 is 0 Å². The normalized spacial score (nSPS) is 34.5. The van der Waals surface area contributed by atoms with Gasteiger partial charge < -0.3 is 4.48 Å². The van der Waals surface area contributed by atoms with E-state index in [4.69, 9.17) is 0 Å². The van der Waals surface area contributed by atoms with E-state index < -0.39 is 0 Å². The molecule has 0 aromatic carbocycles. The van der Waals surface area contributed by atoms with Crippen molar-refractivity contribution >= 4 is 0 Å². The van der Waals surface area contributed by atoms with Gasteiger partial charge in [-0.2, -0.15) is 0 Å². The topological polar surface area (TPSA) is 9.72 Å². The van der Waals surface area contributed by atoms with E-state index in [2.05, 4.69) is 21.6 Å². The summed E-state index contributed by atoms with van der Waals surface area (Å²) in [4.78, 5) is 8.46. The van der Waals surface area contributed by atoms with Gasteiger partial charge in [-0.05, 0) is 12.8 Å². The highest BCUT2D eigenvalue weighted by molar-refractivity contribution is 4.97. The minimum absolute atomic E-state index is 0.753. The Balaban J connectivity index is 1.18. The number of hydrogen-bond donors (Lipinski definition) is 0. The minimum atomic E-state index is 0.753. The second kappa shape index (κ2) is 8.89. The summed E-state index contributed by atoms with van der Waals surface area (Å²) in [5.74, 6) is 0. The second-order valence-electron chi connectivity index (χ2n) is 9.51. The standard InChI is InChI=1S/C22H43N4/c1-2-3-4-5-6-7-8-9-10-11-18-26-19-16-24-13-12-23-14-15-25(17-20-26)22(26)21(23)24/h21-22H,2-20H2,1H3/q+1. The van der Waals surface area contributed by atoms with Crippen molar-refractivity contribution in [2.75, 3.05) is 58.9 Å². The third kappa shape index (κ3) is 3.85. The Labute approximate surface area is 162 Å². The molecule has 4 heteroatoms. The lowest BCUT2D eigenvalue weighted by atomic mass is 10.0. The van der Waals surface area contributed by atoms with E-state index in [9.17, 15) is 0 Å². The number of hydrogen-bond acceptors (Lipinski definition) is 3. The Morgan fingerprint density at radius 3 is 1.77 bits per heavy atom. The van der Waals surface area contributed by atoms with Crippen LogP contribution in [-0.2, 0) is 0 Å². The lowest BCUT2D eigenvalue weighted by Gasteiger charge is -2.54. The largest absolute Gasteiger partial charge is 0.304 e. The Bertz CT molecular complexity index is 436. The summed E-state index contributed by atoms with van der Waals surface area (Å²) in [6.07, 6.45) is 16.1. The molecule has 150 valence electrons.